The molecule has 0 aromatic carbocycles. The SMILES string of the molecule is CC=CC=CC(Cl)=C(Cl)Cl. The van der Waals surface area contributed by atoms with Crippen molar-refractivity contribution in [2.75, 3.05) is 0 Å². The summed E-state index contributed by atoms with van der Waals surface area (Å²) in [5, 5.41) is 0.349. The Morgan fingerprint density at radius 1 is 1.10 bits per heavy atom. The van der Waals surface area contributed by atoms with Crippen molar-refractivity contribution >= 4 is 34.8 Å². The van der Waals surface area contributed by atoms with Crippen LogP contribution in [0.25, 0.3) is 0 Å². The fourth-order valence-electron chi connectivity index (χ4n) is 0.314. The van der Waals surface area contributed by atoms with E-state index < -0.39 is 0 Å². The molecule has 0 aliphatic heterocycles. The third kappa shape index (κ3) is 4.92. The van der Waals surface area contributed by atoms with Gasteiger partial charge in [0.2, 0.25) is 0 Å². The van der Waals surface area contributed by atoms with Gasteiger partial charge in [0.05, 0.1) is 5.03 Å². The van der Waals surface area contributed by atoms with Crippen molar-refractivity contribution < 1.29 is 0 Å². The predicted octanol–water partition coefficient (Wildman–Crippen LogP) is 4.00. The van der Waals surface area contributed by atoms with Crippen molar-refractivity contribution in [3.8, 4) is 0 Å². The molecule has 0 aliphatic carbocycles. The highest BCUT2D eigenvalue weighted by atomic mass is 35.5. The molecule has 56 valence electrons. The first-order valence-corrected chi connectivity index (χ1v) is 3.82. The van der Waals surface area contributed by atoms with E-state index >= 15 is 0 Å². The standard InChI is InChI=1S/C7H7Cl3/c1-2-3-4-5-6(8)7(9)10/h2-5H,1H3. The van der Waals surface area contributed by atoms with Crippen LogP contribution in [0, 0.1) is 0 Å². The predicted molar refractivity (Wildman–Crippen MR) is 48.5 cm³/mol. The molecule has 0 spiro atoms. The quantitative estimate of drug-likeness (QED) is 0.587. The van der Waals surface area contributed by atoms with Crippen LogP contribution >= 0.6 is 34.8 Å². The van der Waals surface area contributed by atoms with Gasteiger partial charge in [-0.1, -0.05) is 53.0 Å². The largest absolute Gasteiger partial charge is 0.125 e. The first-order valence-electron chi connectivity index (χ1n) is 2.68. The van der Waals surface area contributed by atoms with Crippen molar-refractivity contribution in [1.29, 1.82) is 0 Å². The van der Waals surface area contributed by atoms with Gasteiger partial charge < -0.3 is 0 Å². The van der Waals surface area contributed by atoms with Gasteiger partial charge >= 0.3 is 0 Å². The van der Waals surface area contributed by atoms with E-state index in [1.165, 1.54) is 0 Å². The minimum Gasteiger partial charge on any atom is -0.0877 e. The van der Waals surface area contributed by atoms with Gasteiger partial charge in [0.15, 0.2) is 0 Å². The van der Waals surface area contributed by atoms with Gasteiger partial charge in [0.25, 0.3) is 0 Å². The van der Waals surface area contributed by atoms with Crippen LogP contribution in [-0.4, -0.2) is 0 Å². The number of allylic oxidation sites excluding steroid dienone is 5. The van der Waals surface area contributed by atoms with Crippen molar-refractivity contribution in [2.24, 2.45) is 0 Å². The summed E-state index contributed by atoms with van der Waals surface area (Å²) in [6.45, 7) is 1.91. The molecule has 0 nitrogen and oxygen atoms in total. The van der Waals surface area contributed by atoms with Crippen LogP contribution in [-0.2, 0) is 0 Å². The zero-order valence-electron chi connectivity index (χ0n) is 5.44. The van der Waals surface area contributed by atoms with Crippen LogP contribution in [0.3, 0.4) is 0 Å². The molecule has 0 amide bonds. The lowest BCUT2D eigenvalue weighted by atomic mass is 10.4. The maximum atomic E-state index is 5.55. The summed E-state index contributed by atoms with van der Waals surface area (Å²) >= 11 is 16.2. The second-order valence-corrected chi connectivity index (χ2v) is 2.85. The smallest absolute Gasteiger partial charge is 0.0877 e. The average molecular weight is 197 g/mol. The Labute approximate surface area is 75.8 Å². The number of hydrogen-bond acceptors (Lipinski definition) is 0. The highest BCUT2D eigenvalue weighted by molar-refractivity contribution is 6.59. The number of rotatable bonds is 2. The monoisotopic (exact) mass is 196 g/mol. The lowest BCUT2D eigenvalue weighted by molar-refractivity contribution is 1.72. The molecule has 0 N–H and O–H groups in total. The Hall–Kier alpha value is 0.0900. The molecule has 0 radical (unpaired) electrons. The fourth-order valence-corrected chi connectivity index (χ4v) is 0.513. The van der Waals surface area contributed by atoms with E-state index in [2.05, 4.69) is 0 Å². The first kappa shape index (κ1) is 10.1. The molecule has 0 bridgehead atoms. The molecular formula is C7H7Cl3. The van der Waals surface area contributed by atoms with E-state index in [1.807, 2.05) is 19.1 Å². The summed E-state index contributed by atoms with van der Waals surface area (Å²) in [5.74, 6) is 0. The van der Waals surface area contributed by atoms with E-state index in [1.54, 1.807) is 12.2 Å². The van der Waals surface area contributed by atoms with Gasteiger partial charge in [0, 0.05) is 0 Å². The molecule has 0 unspecified atom stereocenters. The average Bonchev–Trinajstić information content (AvgIpc) is 1.88. The van der Waals surface area contributed by atoms with E-state index in [0.717, 1.165) is 0 Å². The molecule has 0 saturated carbocycles. The maximum absolute atomic E-state index is 5.55. The third-order valence-corrected chi connectivity index (χ3v) is 1.64. The van der Waals surface area contributed by atoms with Crippen LogP contribution in [0.5, 0.6) is 0 Å². The summed E-state index contributed by atoms with van der Waals surface area (Å²) in [6, 6.07) is 0. The lowest BCUT2D eigenvalue weighted by Gasteiger charge is -1.84. The van der Waals surface area contributed by atoms with E-state index in [4.69, 9.17) is 34.8 Å². The number of halogens is 3. The fraction of sp³-hybridized carbons (Fsp3) is 0.143. The van der Waals surface area contributed by atoms with Crippen molar-refractivity contribution in [3.63, 3.8) is 0 Å². The zero-order chi connectivity index (χ0) is 7.98. The topological polar surface area (TPSA) is 0 Å². The number of hydrogen-bond donors (Lipinski definition) is 0. The van der Waals surface area contributed by atoms with E-state index in [-0.39, 0.29) is 4.49 Å². The Kier molecular flexibility index (Phi) is 5.90. The van der Waals surface area contributed by atoms with Crippen LogP contribution in [0.2, 0.25) is 0 Å². The molecule has 0 aromatic heterocycles. The highest BCUT2D eigenvalue weighted by Crippen LogP contribution is 2.18. The molecule has 0 aliphatic rings. The molecule has 10 heavy (non-hydrogen) atoms. The summed E-state index contributed by atoms with van der Waals surface area (Å²) in [7, 11) is 0. The molecule has 0 atom stereocenters. The Balaban J connectivity index is 4.03. The van der Waals surface area contributed by atoms with Crippen molar-refractivity contribution in [2.45, 2.75) is 6.92 Å². The van der Waals surface area contributed by atoms with Crippen LogP contribution in [0.15, 0.2) is 33.8 Å². The Morgan fingerprint density at radius 2 is 1.70 bits per heavy atom. The van der Waals surface area contributed by atoms with Crippen LogP contribution < -0.4 is 0 Å². The van der Waals surface area contributed by atoms with Gasteiger partial charge in [-0.2, -0.15) is 0 Å². The molecule has 0 heterocycles. The van der Waals surface area contributed by atoms with Gasteiger partial charge in [-0.05, 0) is 13.0 Å². The molecule has 3 heteroatoms. The second-order valence-electron chi connectivity index (χ2n) is 1.49. The molecule has 0 aromatic rings. The maximum Gasteiger partial charge on any atom is 0.125 e. The Bertz CT molecular complexity index is 173. The minimum absolute atomic E-state index is 0.0856. The summed E-state index contributed by atoms with van der Waals surface area (Å²) < 4.78 is 0.0856. The summed E-state index contributed by atoms with van der Waals surface area (Å²) in [6.07, 6.45) is 7.09. The summed E-state index contributed by atoms with van der Waals surface area (Å²) in [5.41, 5.74) is 0. The van der Waals surface area contributed by atoms with Crippen molar-refractivity contribution in [3.05, 3.63) is 33.8 Å². The zero-order valence-corrected chi connectivity index (χ0v) is 7.71. The van der Waals surface area contributed by atoms with E-state index in [0.29, 0.717) is 5.03 Å². The van der Waals surface area contributed by atoms with Crippen LogP contribution in [0.1, 0.15) is 6.92 Å². The molecule has 0 fully saturated rings. The Morgan fingerprint density at radius 3 is 2.10 bits per heavy atom. The molecule has 0 saturated heterocycles. The molecular weight excluding hydrogens is 190 g/mol. The highest BCUT2D eigenvalue weighted by Gasteiger charge is 1.89. The van der Waals surface area contributed by atoms with Crippen molar-refractivity contribution in [1.82, 2.24) is 0 Å². The third-order valence-electron chi connectivity index (χ3n) is 0.727. The molecule has 0 rings (SSSR count). The lowest BCUT2D eigenvalue weighted by Crippen LogP contribution is -1.61. The minimum atomic E-state index is 0.0856. The van der Waals surface area contributed by atoms with Crippen LogP contribution in [0.4, 0.5) is 0 Å². The normalized spacial score (nSPS) is 11.2. The second kappa shape index (κ2) is 5.84. The van der Waals surface area contributed by atoms with E-state index in [9.17, 15) is 0 Å². The van der Waals surface area contributed by atoms with Gasteiger partial charge in [-0.3, -0.25) is 0 Å². The van der Waals surface area contributed by atoms with Gasteiger partial charge in [-0.15, -0.1) is 0 Å². The first-order chi connectivity index (χ1) is 4.68. The van der Waals surface area contributed by atoms with Gasteiger partial charge in [-0.25, -0.2) is 0 Å². The van der Waals surface area contributed by atoms with Gasteiger partial charge in [0.1, 0.15) is 4.49 Å². The summed E-state index contributed by atoms with van der Waals surface area (Å²) in [4.78, 5) is 0.